The van der Waals surface area contributed by atoms with Gasteiger partial charge in [0.05, 0.1) is 12.7 Å². The van der Waals surface area contributed by atoms with Crippen molar-refractivity contribution in [3.05, 3.63) is 12.7 Å². The molecule has 5 nitrogen and oxygen atoms in total. The van der Waals surface area contributed by atoms with E-state index in [1.807, 2.05) is 34.6 Å². The third-order valence-electron chi connectivity index (χ3n) is 2.97. The Morgan fingerprint density at radius 3 is 2.40 bits per heavy atom. The fraction of sp³-hybridized carbons (Fsp3) is 0.800. The SMILES string of the molecule is C=CC(C(OC)C(=O)OC(C)(C)C)[C@@H]1COC(C)(C)O1. The molecule has 2 unspecified atom stereocenters. The summed E-state index contributed by atoms with van der Waals surface area (Å²) in [5.41, 5.74) is -0.564. The minimum absolute atomic E-state index is 0.278. The van der Waals surface area contributed by atoms with Gasteiger partial charge in [-0.15, -0.1) is 6.58 Å². The Balaban J connectivity index is 2.80. The second-order valence-electron chi connectivity index (χ2n) is 6.37. The van der Waals surface area contributed by atoms with Crippen molar-refractivity contribution in [3.63, 3.8) is 0 Å². The summed E-state index contributed by atoms with van der Waals surface area (Å²) in [5, 5.41) is 0. The van der Waals surface area contributed by atoms with Crippen molar-refractivity contribution in [2.24, 2.45) is 5.92 Å². The molecule has 1 rings (SSSR count). The molecule has 0 bridgehead atoms. The van der Waals surface area contributed by atoms with Gasteiger partial charge in [0.1, 0.15) is 5.60 Å². The number of ether oxygens (including phenoxy) is 4. The summed E-state index contributed by atoms with van der Waals surface area (Å²) in [4.78, 5) is 12.2. The molecule has 116 valence electrons. The second kappa shape index (κ2) is 6.24. The summed E-state index contributed by atoms with van der Waals surface area (Å²) in [7, 11) is 1.48. The molecule has 0 N–H and O–H groups in total. The third-order valence-corrected chi connectivity index (χ3v) is 2.97. The number of carbonyl (C=O) groups is 1. The molecular formula is C15H26O5. The van der Waals surface area contributed by atoms with Gasteiger partial charge < -0.3 is 18.9 Å². The van der Waals surface area contributed by atoms with E-state index in [9.17, 15) is 4.79 Å². The fourth-order valence-electron chi connectivity index (χ4n) is 2.15. The Hall–Kier alpha value is -0.910. The molecule has 3 atom stereocenters. The molecule has 0 radical (unpaired) electrons. The highest BCUT2D eigenvalue weighted by molar-refractivity contribution is 5.76. The van der Waals surface area contributed by atoms with Crippen molar-refractivity contribution in [3.8, 4) is 0 Å². The first-order valence-electron chi connectivity index (χ1n) is 6.79. The summed E-state index contributed by atoms with van der Waals surface area (Å²) in [6.07, 6.45) is 0.627. The van der Waals surface area contributed by atoms with Crippen LogP contribution in [-0.4, -0.2) is 43.3 Å². The van der Waals surface area contributed by atoms with Crippen LogP contribution in [0.4, 0.5) is 0 Å². The number of esters is 1. The smallest absolute Gasteiger partial charge is 0.336 e. The van der Waals surface area contributed by atoms with E-state index >= 15 is 0 Å². The van der Waals surface area contributed by atoms with Crippen LogP contribution in [0.15, 0.2) is 12.7 Å². The number of hydrogen-bond donors (Lipinski definition) is 0. The Kier molecular flexibility index (Phi) is 5.35. The molecule has 1 aliphatic heterocycles. The van der Waals surface area contributed by atoms with E-state index in [2.05, 4.69) is 6.58 Å². The summed E-state index contributed by atoms with van der Waals surface area (Å²) in [6, 6.07) is 0. The lowest BCUT2D eigenvalue weighted by molar-refractivity contribution is -0.176. The average Bonchev–Trinajstić information content (AvgIpc) is 2.63. The number of hydrogen-bond acceptors (Lipinski definition) is 5. The minimum atomic E-state index is -0.755. The maximum absolute atomic E-state index is 12.2. The lowest BCUT2D eigenvalue weighted by Gasteiger charge is -2.29. The van der Waals surface area contributed by atoms with Gasteiger partial charge in [0.15, 0.2) is 11.9 Å². The van der Waals surface area contributed by atoms with Crippen LogP contribution in [0.5, 0.6) is 0 Å². The molecule has 0 aromatic rings. The van der Waals surface area contributed by atoms with Crippen LogP contribution in [0.1, 0.15) is 34.6 Å². The van der Waals surface area contributed by atoms with Gasteiger partial charge in [-0.3, -0.25) is 0 Å². The molecule has 1 saturated heterocycles. The van der Waals surface area contributed by atoms with Crippen molar-refractivity contribution < 1.29 is 23.7 Å². The van der Waals surface area contributed by atoms with Gasteiger partial charge in [-0.2, -0.15) is 0 Å². The second-order valence-corrected chi connectivity index (χ2v) is 6.37. The molecule has 1 aliphatic rings. The maximum Gasteiger partial charge on any atom is 0.336 e. The third kappa shape index (κ3) is 4.58. The largest absolute Gasteiger partial charge is 0.458 e. The predicted molar refractivity (Wildman–Crippen MR) is 75.2 cm³/mol. The van der Waals surface area contributed by atoms with Crippen molar-refractivity contribution in [2.75, 3.05) is 13.7 Å². The molecule has 0 saturated carbocycles. The highest BCUT2D eigenvalue weighted by Crippen LogP contribution is 2.30. The molecule has 1 fully saturated rings. The van der Waals surface area contributed by atoms with E-state index in [1.54, 1.807) is 6.08 Å². The van der Waals surface area contributed by atoms with Gasteiger partial charge in [0, 0.05) is 13.0 Å². The van der Waals surface area contributed by atoms with Crippen LogP contribution in [0.3, 0.4) is 0 Å². The first-order valence-corrected chi connectivity index (χ1v) is 6.79. The van der Waals surface area contributed by atoms with Gasteiger partial charge >= 0.3 is 5.97 Å². The number of methoxy groups -OCH3 is 1. The number of rotatable bonds is 5. The lowest BCUT2D eigenvalue weighted by Crippen LogP contribution is -2.42. The Morgan fingerprint density at radius 2 is 2.05 bits per heavy atom. The van der Waals surface area contributed by atoms with Gasteiger partial charge in [0.2, 0.25) is 0 Å². The predicted octanol–water partition coefficient (Wildman–Crippen LogP) is 2.30. The molecule has 0 spiro atoms. The summed E-state index contributed by atoms with van der Waals surface area (Å²) >= 11 is 0. The topological polar surface area (TPSA) is 54.0 Å². The van der Waals surface area contributed by atoms with Gasteiger partial charge in [-0.1, -0.05) is 6.08 Å². The molecule has 0 aromatic heterocycles. The van der Waals surface area contributed by atoms with Gasteiger partial charge in [0.25, 0.3) is 0 Å². The zero-order valence-corrected chi connectivity index (χ0v) is 13.3. The quantitative estimate of drug-likeness (QED) is 0.573. The van der Waals surface area contributed by atoms with E-state index in [1.165, 1.54) is 7.11 Å². The summed E-state index contributed by atoms with van der Waals surface area (Å²) < 4.78 is 22.0. The Labute approximate surface area is 121 Å². The molecule has 1 heterocycles. The fourth-order valence-corrected chi connectivity index (χ4v) is 2.15. The van der Waals surface area contributed by atoms with Crippen LogP contribution in [-0.2, 0) is 23.7 Å². The average molecular weight is 286 g/mol. The van der Waals surface area contributed by atoms with Gasteiger partial charge in [-0.25, -0.2) is 4.79 Å². The maximum atomic E-state index is 12.2. The zero-order chi connectivity index (χ0) is 15.6. The highest BCUT2D eigenvalue weighted by Gasteiger charge is 2.42. The van der Waals surface area contributed by atoms with E-state index < -0.39 is 23.5 Å². The zero-order valence-electron chi connectivity index (χ0n) is 13.3. The lowest BCUT2D eigenvalue weighted by atomic mass is 9.96. The van der Waals surface area contributed by atoms with E-state index in [0.29, 0.717) is 6.61 Å². The molecule has 0 amide bonds. The summed E-state index contributed by atoms with van der Waals surface area (Å²) in [6.45, 7) is 13.3. The van der Waals surface area contributed by atoms with Crippen molar-refractivity contribution in [2.45, 2.75) is 58.2 Å². The number of carbonyl (C=O) groups excluding carboxylic acids is 1. The minimum Gasteiger partial charge on any atom is -0.458 e. The van der Waals surface area contributed by atoms with Crippen molar-refractivity contribution >= 4 is 5.97 Å². The van der Waals surface area contributed by atoms with E-state index in [4.69, 9.17) is 18.9 Å². The molecule has 0 aliphatic carbocycles. The van der Waals surface area contributed by atoms with Gasteiger partial charge in [-0.05, 0) is 34.6 Å². The molecule has 5 heteroatoms. The van der Waals surface area contributed by atoms with Crippen LogP contribution in [0, 0.1) is 5.92 Å². The Bertz CT molecular complexity index is 356. The molecular weight excluding hydrogens is 260 g/mol. The van der Waals surface area contributed by atoms with Crippen LogP contribution in [0.2, 0.25) is 0 Å². The normalized spacial score (nSPS) is 25.0. The van der Waals surface area contributed by atoms with Crippen LogP contribution < -0.4 is 0 Å². The standard InChI is InChI=1S/C15H26O5/c1-8-10(11-9-18-15(5,6)19-11)12(17-7)13(16)20-14(2,3)4/h8,10-12H,1,9H2,2-7H3/t10?,11-,12?/m0/s1. The Morgan fingerprint density at radius 1 is 1.45 bits per heavy atom. The van der Waals surface area contributed by atoms with Crippen LogP contribution in [0.25, 0.3) is 0 Å². The van der Waals surface area contributed by atoms with E-state index in [0.717, 1.165) is 0 Å². The molecule has 0 aromatic carbocycles. The first kappa shape index (κ1) is 17.1. The first-order chi connectivity index (χ1) is 9.09. The monoisotopic (exact) mass is 286 g/mol. The molecule has 20 heavy (non-hydrogen) atoms. The van der Waals surface area contributed by atoms with Crippen molar-refractivity contribution in [1.29, 1.82) is 0 Å². The van der Waals surface area contributed by atoms with E-state index in [-0.39, 0.29) is 12.0 Å². The highest BCUT2D eigenvalue weighted by atomic mass is 16.7. The summed E-state index contributed by atoms with van der Waals surface area (Å²) in [5.74, 6) is -1.40. The van der Waals surface area contributed by atoms with Crippen LogP contribution >= 0.6 is 0 Å². The van der Waals surface area contributed by atoms with Crippen molar-refractivity contribution in [1.82, 2.24) is 0 Å².